The Kier molecular flexibility index (Phi) is 4.16. The van der Waals surface area contributed by atoms with Crippen LogP contribution in [-0.2, 0) is 21.2 Å². The number of amides is 1. The molecule has 0 bridgehead atoms. The highest BCUT2D eigenvalue weighted by Crippen LogP contribution is 2.36. The van der Waals surface area contributed by atoms with E-state index >= 15 is 0 Å². The van der Waals surface area contributed by atoms with E-state index in [1.807, 2.05) is 6.07 Å². The fourth-order valence-electron chi connectivity index (χ4n) is 2.64. The second-order valence-corrected chi connectivity index (χ2v) is 7.81. The zero-order chi connectivity index (χ0) is 16.6. The second kappa shape index (κ2) is 5.98. The molecule has 0 atom stereocenters. The average Bonchev–Trinajstić information content (AvgIpc) is 2.89. The number of benzene rings is 2. The van der Waals surface area contributed by atoms with Crippen LogP contribution < -0.4 is 9.62 Å². The van der Waals surface area contributed by atoms with Crippen molar-refractivity contribution >= 4 is 43.2 Å². The van der Waals surface area contributed by atoms with E-state index in [4.69, 9.17) is 0 Å². The number of anilines is 2. The lowest BCUT2D eigenvalue weighted by molar-refractivity contribution is -0.116. The summed E-state index contributed by atoms with van der Waals surface area (Å²) >= 11 is 3.33. The number of sulfonamides is 1. The molecule has 1 amide bonds. The van der Waals surface area contributed by atoms with Gasteiger partial charge in [-0.15, -0.1) is 0 Å². The van der Waals surface area contributed by atoms with Crippen LogP contribution in [0.15, 0.2) is 51.8 Å². The summed E-state index contributed by atoms with van der Waals surface area (Å²) in [6.07, 6.45) is 0.722. The first-order valence-corrected chi connectivity index (χ1v) is 9.34. The van der Waals surface area contributed by atoms with Crippen molar-refractivity contribution in [2.45, 2.75) is 18.2 Å². The maximum Gasteiger partial charge on any atom is 0.263 e. The molecule has 0 radical (unpaired) electrons. The van der Waals surface area contributed by atoms with E-state index < -0.39 is 10.0 Å². The monoisotopic (exact) mass is 394 g/mol. The minimum Gasteiger partial charge on any atom is -0.312 e. The minimum absolute atomic E-state index is 0.0922. The Hall–Kier alpha value is -1.86. The number of rotatable bonds is 3. The first-order chi connectivity index (χ1) is 10.9. The molecule has 23 heavy (non-hydrogen) atoms. The van der Waals surface area contributed by atoms with Crippen molar-refractivity contribution in [2.24, 2.45) is 0 Å². The second-order valence-electron chi connectivity index (χ2n) is 5.30. The van der Waals surface area contributed by atoms with E-state index in [-0.39, 0.29) is 10.8 Å². The summed E-state index contributed by atoms with van der Waals surface area (Å²) in [6, 6.07) is 12.0. The smallest absolute Gasteiger partial charge is 0.263 e. The number of hydrogen-bond donors (Lipinski definition) is 1. The van der Waals surface area contributed by atoms with Crippen molar-refractivity contribution in [2.75, 3.05) is 16.2 Å². The normalized spacial score (nSPS) is 13.7. The highest BCUT2D eigenvalue weighted by Gasteiger charge is 2.27. The maximum absolute atomic E-state index is 12.7. The molecular weight excluding hydrogens is 380 g/mol. The number of fused-ring (bicyclic) bond motifs is 1. The topological polar surface area (TPSA) is 66.5 Å². The van der Waals surface area contributed by atoms with Crippen LogP contribution in [0.3, 0.4) is 0 Å². The number of para-hydroxylation sites is 1. The molecule has 3 rings (SSSR count). The first-order valence-electron chi connectivity index (χ1n) is 7.07. The third-order valence-electron chi connectivity index (χ3n) is 3.72. The average molecular weight is 395 g/mol. The Morgan fingerprint density at radius 1 is 1.22 bits per heavy atom. The Balaban J connectivity index is 2.03. The third kappa shape index (κ3) is 3.11. The molecule has 0 aliphatic carbocycles. The number of nitrogens with zero attached hydrogens (tertiary/aromatic N) is 1. The maximum atomic E-state index is 12.7. The molecule has 0 unspecified atom stereocenters. The molecule has 2 aromatic rings. The number of carbonyl (C=O) groups is 1. The van der Waals surface area contributed by atoms with Gasteiger partial charge >= 0.3 is 0 Å². The molecule has 0 aromatic heterocycles. The van der Waals surface area contributed by atoms with Crippen molar-refractivity contribution in [1.29, 1.82) is 0 Å². The van der Waals surface area contributed by atoms with Gasteiger partial charge in [-0.05, 0) is 52.2 Å². The van der Waals surface area contributed by atoms with Crippen molar-refractivity contribution in [3.63, 3.8) is 0 Å². The first kappa shape index (κ1) is 16.0. The highest BCUT2D eigenvalue weighted by atomic mass is 79.9. The molecule has 1 aliphatic rings. The summed E-state index contributed by atoms with van der Waals surface area (Å²) in [7, 11) is -3.75. The van der Waals surface area contributed by atoms with Gasteiger partial charge in [0.15, 0.2) is 0 Å². The molecule has 0 fully saturated rings. The molecule has 0 spiro atoms. The van der Waals surface area contributed by atoms with Crippen LogP contribution in [-0.4, -0.2) is 20.9 Å². The van der Waals surface area contributed by atoms with Gasteiger partial charge in [0.1, 0.15) is 4.90 Å². The van der Waals surface area contributed by atoms with Gasteiger partial charge < -0.3 is 4.90 Å². The molecule has 7 heteroatoms. The van der Waals surface area contributed by atoms with Crippen LogP contribution in [0.1, 0.15) is 12.5 Å². The van der Waals surface area contributed by atoms with Gasteiger partial charge in [-0.3, -0.25) is 9.52 Å². The van der Waals surface area contributed by atoms with Crippen LogP contribution in [0.25, 0.3) is 0 Å². The van der Waals surface area contributed by atoms with Crippen molar-refractivity contribution < 1.29 is 13.2 Å². The zero-order valence-electron chi connectivity index (χ0n) is 12.4. The van der Waals surface area contributed by atoms with E-state index in [0.717, 1.165) is 12.0 Å². The molecule has 120 valence electrons. The summed E-state index contributed by atoms with van der Waals surface area (Å²) in [5, 5.41) is 0. The van der Waals surface area contributed by atoms with Gasteiger partial charge in [0, 0.05) is 29.3 Å². The molecule has 2 aromatic carbocycles. The van der Waals surface area contributed by atoms with Gasteiger partial charge in [0.2, 0.25) is 5.91 Å². The zero-order valence-corrected chi connectivity index (χ0v) is 14.8. The number of nitrogens with one attached hydrogen (secondary N) is 1. The minimum atomic E-state index is -3.75. The van der Waals surface area contributed by atoms with Gasteiger partial charge in [0.05, 0.1) is 0 Å². The highest BCUT2D eigenvalue weighted by molar-refractivity contribution is 9.10. The summed E-state index contributed by atoms with van der Waals surface area (Å²) < 4.78 is 28.3. The lowest BCUT2D eigenvalue weighted by Gasteiger charge is -2.17. The summed E-state index contributed by atoms with van der Waals surface area (Å²) in [5.41, 5.74) is 2.11. The predicted octanol–water partition coefficient (Wildman–Crippen LogP) is 3.16. The predicted molar refractivity (Wildman–Crippen MR) is 93.1 cm³/mol. The SMILES string of the molecule is CC(=O)N1CCc2cc(Br)c(S(=O)(=O)Nc3ccccc3)cc21. The van der Waals surface area contributed by atoms with Crippen molar-refractivity contribution in [3.05, 3.63) is 52.5 Å². The summed E-state index contributed by atoms with van der Waals surface area (Å²) in [6.45, 7) is 2.06. The lowest BCUT2D eigenvalue weighted by Crippen LogP contribution is -2.26. The molecule has 1 aliphatic heterocycles. The molecule has 0 saturated heterocycles. The van der Waals surface area contributed by atoms with Crippen LogP contribution >= 0.6 is 15.9 Å². The number of carbonyl (C=O) groups excluding carboxylic acids is 1. The molecule has 0 saturated carbocycles. The van der Waals surface area contributed by atoms with Gasteiger partial charge in [-0.25, -0.2) is 8.42 Å². The summed E-state index contributed by atoms with van der Waals surface area (Å²) in [5.74, 6) is -0.0922. The van der Waals surface area contributed by atoms with Crippen LogP contribution in [0.4, 0.5) is 11.4 Å². The lowest BCUT2D eigenvalue weighted by atomic mass is 10.2. The number of hydrogen-bond acceptors (Lipinski definition) is 3. The van der Waals surface area contributed by atoms with E-state index in [9.17, 15) is 13.2 Å². The molecular formula is C16H15BrN2O3S. The van der Waals surface area contributed by atoms with E-state index in [0.29, 0.717) is 22.4 Å². The van der Waals surface area contributed by atoms with Crippen molar-refractivity contribution in [3.8, 4) is 0 Å². The molecule has 1 heterocycles. The van der Waals surface area contributed by atoms with E-state index in [1.54, 1.807) is 41.3 Å². The summed E-state index contributed by atoms with van der Waals surface area (Å²) in [4.78, 5) is 13.4. The molecule has 5 nitrogen and oxygen atoms in total. The third-order valence-corrected chi connectivity index (χ3v) is 6.06. The van der Waals surface area contributed by atoms with Gasteiger partial charge in [-0.1, -0.05) is 18.2 Å². The Morgan fingerprint density at radius 2 is 1.91 bits per heavy atom. The van der Waals surface area contributed by atoms with Crippen molar-refractivity contribution in [1.82, 2.24) is 0 Å². The molecule has 1 N–H and O–H groups in total. The fraction of sp³-hybridized carbons (Fsp3) is 0.188. The Bertz CT molecular complexity index is 866. The van der Waals surface area contributed by atoms with Crippen LogP contribution in [0, 0.1) is 0 Å². The quantitative estimate of drug-likeness (QED) is 0.868. The van der Waals surface area contributed by atoms with Gasteiger partial charge in [-0.2, -0.15) is 0 Å². The van der Waals surface area contributed by atoms with E-state index in [2.05, 4.69) is 20.7 Å². The largest absolute Gasteiger partial charge is 0.312 e. The van der Waals surface area contributed by atoms with Gasteiger partial charge in [0.25, 0.3) is 10.0 Å². The van der Waals surface area contributed by atoms with Crippen LogP contribution in [0.5, 0.6) is 0 Å². The fourth-order valence-corrected chi connectivity index (χ4v) is 4.81. The van der Waals surface area contributed by atoms with Crippen LogP contribution in [0.2, 0.25) is 0 Å². The Labute approximate surface area is 143 Å². The standard InChI is InChI=1S/C16H15BrN2O3S/c1-11(20)19-8-7-12-9-14(17)16(10-15(12)19)23(21,22)18-13-5-3-2-4-6-13/h2-6,9-10,18H,7-8H2,1H3. The Morgan fingerprint density at radius 3 is 2.57 bits per heavy atom. The number of halogens is 1. The van der Waals surface area contributed by atoms with E-state index in [1.165, 1.54) is 6.92 Å².